The Bertz CT molecular complexity index is 1420. The molecule has 0 aliphatic carbocycles. The molecular weight excluding hydrogens is 569 g/mol. The maximum Gasteiger partial charge on any atom is 0.264 e. The average Bonchev–Trinajstić information content (AvgIpc) is 2.89. The Morgan fingerprint density at radius 1 is 0.921 bits per heavy atom. The number of amides is 2. The Morgan fingerprint density at radius 2 is 1.55 bits per heavy atom. The number of nitrogens with zero attached hydrogens (tertiary/aromatic N) is 2. The number of nitrogens with one attached hydrogen (secondary N) is 1. The predicted molar refractivity (Wildman–Crippen MR) is 152 cm³/mol. The summed E-state index contributed by atoms with van der Waals surface area (Å²) < 4.78 is 28.6. The lowest BCUT2D eigenvalue weighted by Crippen LogP contribution is -2.51. The molecule has 38 heavy (non-hydrogen) atoms. The van der Waals surface area contributed by atoms with E-state index in [1.54, 1.807) is 49.4 Å². The minimum atomic E-state index is -4.26. The topological polar surface area (TPSA) is 86.8 Å². The zero-order valence-electron chi connectivity index (χ0n) is 21.1. The number of likely N-dealkylation sites (N-methyl/N-ethyl adjacent to an activating group) is 1. The lowest BCUT2D eigenvalue weighted by atomic mass is 10.1. The molecule has 0 aromatic heterocycles. The summed E-state index contributed by atoms with van der Waals surface area (Å²) in [5.41, 5.74) is 1.52. The highest BCUT2D eigenvalue weighted by Gasteiger charge is 2.34. The first-order chi connectivity index (χ1) is 18.0. The Morgan fingerprint density at radius 3 is 2.16 bits per heavy atom. The number of sulfonamides is 1. The number of hydrogen-bond acceptors (Lipinski definition) is 4. The molecule has 3 rings (SSSR count). The van der Waals surface area contributed by atoms with E-state index in [2.05, 4.69) is 5.32 Å². The van der Waals surface area contributed by atoms with Gasteiger partial charge < -0.3 is 10.2 Å². The largest absolute Gasteiger partial charge is 0.357 e. The van der Waals surface area contributed by atoms with Crippen molar-refractivity contribution < 1.29 is 18.0 Å². The second-order valence-electron chi connectivity index (χ2n) is 8.55. The molecule has 0 aliphatic rings. The molecule has 1 atom stereocenters. The van der Waals surface area contributed by atoms with Gasteiger partial charge in [-0.2, -0.15) is 0 Å². The van der Waals surface area contributed by atoms with Gasteiger partial charge in [0.1, 0.15) is 12.6 Å². The Balaban J connectivity index is 2.12. The highest BCUT2D eigenvalue weighted by Crippen LogP contribution is 2.35. The summed E-state index contributed by atoms with van der Waals surface area (Å²) in [7, 11) is -2.79. The van der Waals surface area contributed by atoms with Crippen LogP contribution in [0.3, 0.4) is 0 Å². The monoisotopic (exact) mass is 595 g/mol. The summed E-state index contributed by atoms with van der Waals surface area (Å²) in [4.78, 5) is 28.0. The van der Waals surface area contributed by atoms with Gasteiger partial charge in [-0.1, -0.05) is 83.7 Å². The van der Waals surface area contributed by atoms with Crippen molar-refractivity contribution in [3.63, 3.8) is 0 Å². The predicted octanol–water partition coefficient (Wildman–Crippen LogP) is 5.70. The average molecular weight is 597 g/mol. The van der Waals surface area contributed by atoms with Crippen LogP contribution in [0, 0.1) is 6.92 Å². The SMILES string of the molecule is CCC(C(=O)NC)N(Cc1ccccc1Cl)C(=O)CN(c1cccc(Cl)c1Cl)S(=O)(=O)c1ccc(C)cc1. The number of benzene rings is 3. The number of hydrogen-bond donors (Lipinski definition) is 1. The fourth-order valence-corrected chi connectivity index (χ4v) is 6.00. The molecule has 3 aromatic rings. The van der Waals surface area contributed by atoms with E-state index < -0.39 is 28.5 Å². The van der Waals surface area contributed by atoms with Crippen LogP contribution in [0.5, 0.6) is 0 Å². The highest BCUT2D eigenvalue weighted by molar-refractivity contribution is 7.92. The molecule has 2 amide bonds. The third kappa shape index (κ3) is 6.61. The van der Waals surface area contributed by atoms with Gasteiger partial charge >= 0.3 is 0 Å². The molecule has 0 aliphatic heterocycles. The van der Waals surface area contributed by atoms with Gasteiger partial charge in [-0.05, 0) is 49.2 Å². The van der Waals surface area contributed by atoms with Gasteiger partial charge in [0.05, 0.1) is 20.6 Å². The van der Waals surface area contributed by atoms with Crippen molar-refractivity contribution in [3.8, 4) is 0 Å². The van der Waals surface area contributed by atoms with Gasteiger partial charge in [-0.15, -0.1) is 0 Å². The molecule has 0 saturated heterocycles. The molecule has 0 fully saturated rings. The first-order valence-corrected chi connectivity index (χ1v) is 14.4. The van der Waals surface area contributed by atoms with Crippen molar-refractivity contribution in [1.29, 1.82) is 0 Å². The van der Waals surface area contributed by atoms with E-state index in [4.69, 9.17) is 34.8 Å². The molecule has 0 radical (unpaired) electrons. The zero-order chi connectivity index (χ0) is 28.0. The fourth-order valence-electron chi connectivity index (χ4n) is 3.93. The Labute approximate surface area is 238 Å². The van der Waals surface area contributed by atoms with Gasteiger partial charge in [0, 0.05) is 18.6 Å². The molecule has 0 bridgehead atoms. The zero-order valence-corrected chi connectivity index (χ0v) is 24.2. The molecule has 202 valence electrons. The van der Waals surface area contributed by atoms with Gasteiger partial charge in [-0.25, -0.2) is 8.42 Å². The fraction of sp³-hybridized carbons (Fsp3) is 0.259. The second-order valence-corrected chi connectivity index (χ2v) is 11.6. The summed E-state index contributed by atoms with van der Waals surface area (Å²) in [5, 5.41) is 3.10. The molecule has 1 unspecified atom stereocenters. The van der Waals surface area contributed by atoms with E-state index in [1.165, 1.54) is 36.2 Å². The van der Waals surface area contributed by atoms with Gasteiger partial charge in [0.2, 0.25) is 11.8 Å². The smallest absolute Gasteiger partial charge is 0.264 e. The van der Waals surface area contributed by atoms with Crippen molar-refractivity contribution in [2.24, 2.45) is 0 Å². The molecule has 11 heteroatoms. The Hall–Kier alpha value is -2.78. The minimum Gasteiger partial charge on any atom is -0.357 e. The summed E-state index contributed by atoms with van der Waals surface area (Å²) >= 11 is 19.0. The molecule has 0 spiro atoms. The van der Waals surface area contributed by atoms with Gasteiger partial charge in [0.15, 0.2) is 0 Å². The van der Waals surface area contributed by atoms with E-state index in [9.17, 15) is 18.0 Å². The molecule has 3 aromatic carbocycles. The minimum absolute atomic E-state index is 0.00781. The Kier molecular flexibility index (Phi) is 10.1. The van der Waals surface area contributed by atoms with Crippen molar-refractivity contribution >= 4 is 62.3 Å². The van der Waals surface area contributed by atoms with E-state index in [1.807, 2.05) is 6.92 Å². The molecule has 7 nitrogen and oxygen atoms in total. The maximum atomic E-state index is 13.9. The van der Waals surface area contributed by atoms with Crippen LogP contribution in [0.25, 0.3) is 0 Å². The highest BCUT2D eigenvalue weighted by atomic mass is 35.5. The number of anilines is 1. The summed E-state index contributed by atoms with van der Waals surface area (Å²) in [5.74, 6) is -1.01. The number of halogens is 3. The molecular formula is C27H28Cl3N3O4S. The van der Waals surface area contributed by atoms with Crippen LogP contribution < -0.4 is 9.62 Å². The van der Waals surface area contributed by atoms with E-state index >= 15 is 0 Å². The number of aryl methyl sites for hydroxylation is 1. The van der Waals surface area contributed by atoms with Gasteiger partial charge in [-0.3, -0.25) is 13.9 Å². The number of carbonyl (C=O) groups is 2. The summed E-state index contributed by atoms with van der Waals surface area (Å²) in [6.07, 6.45) is 0.290. The lowest BCUT2D eigenvalue weighted by Gasteiger charge is -2.33. The van der Waals surface area contributed by atoms with Crippen molar-refractivity contribution in [3.05, 3.63) is 92.9 Å². The van der Waals surface area contributed by atoms with Crippen LogP contribution in [0.1, 0.15) is 24.5 Å². The van der Waals surface area contributed by atoms with E-state index in [-0.39, 0.29) is 33.1 Å². The number of rotatable bonds is 10. The van der Waals surface area contributed by atoms with Crippen molar-refractivity contribution in [2.45, 2.75) is 37.8 Å². The van der Waals surface area contributed by atoms with Crippen LogP contribution >= 0.6 is 34.8 Å². The standard InChI is InChI=1S/C27H28Cl3N3O4S/c1-4-23(27(35)31-3)32(16-19-8-5-6-9-21(19)28)25(34)17-33(24-11-7-10-22(29)26(24)30)38(36,37)20-14-12-18(2)13-15-20/h5-15,23H,4,16-17H2,1-3H3,(H,31,35). The first kappa shape index (κ1) is 29.8. The van der Waals surface area contributed by atoms with E-state index in [0.29, 0.717) is 17.0 Å². The van der Waals surface area contributed by atoms with Crippen LogP contribution in [0.4, 0.5) is 5.69 Å². The van der Waals surface area contributed by atoms with E-state index in [0.717, 1.165) is 9.87 Å². The lowest BCUT2D eigenvalue weighted by molar-refractivity contribution is -0.140. The third-order valence-corrected chi connectivity index (χ3v) is 8.97. The summed E-state index contributed by atoms with van der Waals surface area (Å²) in [6, 6.07) is 16.9. The van der Waals surface area contributed by atoms with Crippen LogP contribution in [0.2, 0.25) is 15.1 Å². The quantitative estimate of drug-likeness (QED) is 0.325. The third-order valence-electron chi connectivity index (χ3n) is 6.02. The molecule has 0 saturated carbocycles. The molecule has 0 heterocycles. The first-order valence-electron chi connectivity index (χ1n) is 11.8. The van der Waals surface area contributed by atoms with Crippen LogP contribution in [-0.2, 0) is 26.2 Å². The van der Waals surface area contributed by atoms with Crippen molar-refractivity contribution in [2.75, 3.05) is 17.9 Å². The maximum absolute atomic E-state index is 13.9. The summed E-state index contributed by atoms with van der Waals surface area (Å²) in [6.45, 7) is 2.96. The molecule has 1 N–H and O–H groups in total. The van der Waals surface area contributed by atoms with Crippen LogP contribution in [-0.4, -0.2) is 44.8 Å². The van der Waals surface area contributed by atoms with Crippen molar-refractivity contribution in [1.82, 2.24) is 10.2 Å². The normalized spacial score (nSPS) is 12.1. The second kappa shape index (κ2) is 12.8. The number of carbonyl (C=O) groups excluding carboxylic acids is 2. The van der Waals surface area contributed by atoms with Crippen LogP contribution in [0.15, 0.2) is 71.6 Å². The van der Waals surface area contributed by atoms with Gasteiger partial charge in [0.25, 0.3) is 10.0 Å².